The summed E-state index contributed by atoms with van der Waals surface area (Å²) in [5.74, 6) is 0.873. The van der Waals surface area contributed by atoms with Crippen LogP contribution in [0.3, 0.4) is 0 Å². The minimum absolute atomic E-state index is 0.0858. The van der Waals surface area contributed by atoms with Crippen molar-refractivity contribution in [2.24, 2.45) is 0 Å². The van der Waals surface area contributed by atoms with E-state index in [4.69, 9.17) is 12.2 Å². The van der Waals surface area contributed by atoms with E-state index < -0.39 is 0 Å². The van der Waals surface area contributed by atoms with Gasteiger partial charge in [-0.2, -0.15) is 5.10 Å². The van der Waals surface area contributed by atoms with Gasteiger partial charge in [-0.3, -0.25) is 25.3 Å². The largest absolute Gasteiger partial charge is 0.295 e. The Hall–Kier alpha value is -2.29. The Morgan fingerprint density at radius 1 is 1.36 bits per heavy atom. The van der Waals surface area contributed by atoms with Crippen molar-refractivity contribution in [3.05, 3.63) is 28.0 Å². The molecule has 2 heterocycles. The minimum Gasteiger partial charge on any atom is -0.295 e. The molecule has 0 aromatic carbocycles. The number of amides is 1. The zero-order chi connectivity index (χ0) is 16.1. The summed E-state index contributed by atoms with van der Waals surface area (Å²) in [6, 6.07) is 1.86. The monoisotopic (exact) mass is 321 g/mol. The topological polar surface area (TPSA) is 101 Å². The Kier molecular flexibility index (Phi) is 5.21. The Balaban J connectivity index is 1.99. The van der Waals surface area contributed by atoms with Gasteiger partial charge in [0, 0.05) is 17.8 Å². The number of rotatable bonds is 6. The third-order valence-electron chi connectivity index (χ3n) is 2.91. The first-order chi connectivity index (χ1) is 10.5. The highest BCUT2D eigenvalue weighted by molar-refractivity contribution is 7.71. The highest BCUT2D eigenvalue weighted by atomic mass is 32.1. The lowest BCUT2D eigenvalue weighted by Crippen LogP contribution is -2.33. The second-order valence-corrected chi connectivity index (χ2v) is 5.32. The molecule has 2 aromatic heterocycles. The molecule has 0 saturated carbocycles. The van der Waals surface area contributed by atoms with Crippen LogP contribution in [0.1, 0.15) is 30.6 Å². The average Bonchev–Trinajstić information content (AvgIpc) is 2.78. The van der Waals surface area contributed by atoms with Crippen molar-refractivity contribution >= 4 is 24.1 Å². The highest BCUT2D eigenvalue weighted by Crippen LogP contribution is 2.03. The molecule has 2 aromatic rings. The second kappa shape index (κ2) is 7.12. The summed E-state index contributed by atoms with van der Waals surface area (Å²) in [6.07, 6.45) is 1.68. The van der Waals surface area contributed by atoms with Crippen LogP contribution in [0, 0.1) is 18.6 Å². The Morgan fingerprint density at radius 2 is 2.05 bits per heavy atom. The molecule has 0 spiro atoms. The van der Waals surface area contributed by atoms with Gasteiger partial charge < -0.3 is 0 Å². The fourth-order valence-corrected chi connectivity index (χ4v) is 2.23. The third-order valence-corrected chi connectivity index (χ3v) is 3.22. The van der Waals surface area contributed by atoms with E-state index in [2.05, 4.69) is 31.0 Å². The van der Waals surface area contributed by atoms with Crippen molar-refractivity contribution < 1.29 is 4.79 Å². The number of nitrogens with zero attached hydrogens (tertiary/aromatic N) is 4. The summed E-state index contributed by atoms with van der Waals surface area (Å²) < 4.78 is 2.11. The van der Waals surface area contributed by atoms with Crippen LogP contribution in [0.4, 0.5) is 5.95 Å². The van der Waals surface area contributed by atoms with Crippen LogP contribution < -0.4 is 10.9 Å². The molecule has 9 heteroatoms. The molecule has 2 rings (SSSR count). The van der Waals surface area contributed by atoms with Crippen molar-refractivity contribution in [3.63, 3.8) is 0 Å². The normalized spacial score (nSPS) is 10.5. The van der Waals surface area contributed by atoms with Gasteiger partial charge in [-0.1, -0.05) is 6.92 Å². The first kappa shape index (κ1) is 16.1. The van der Waals surface area contributed by atoms with Gasteiger partial charge in [0.15, 0.2) is 4.77 Å². The molecule has 22 heavy (non-hydrogen) atoms. The van der Waals surface area contributed by atoms with Gasteiger partial charge in [-0.15, -0.1) is 0 Å². The number of H-pyrrole nitrogens is 1. The average molecular weight is 321 g/mol. The van der Waals surface area contributed by atoms with Gasteiger partial charge in [0.1, 0.15) is 12.4 Å². The molecule has 0 fully saturated rings. The Morgan fingerprint density at radius 3 is 2.68 bits per heavy atom. The number of carbonyl (C=O) groups excluding carboxylic acids is 1. The van der Waals surface area contributed by atoms with Crippen LogP contribution in [0.25, 0.3) is 0 Å². The molecular weight excluding hydrogens is 302 g/mol. The summed E-state index contributed by atoms with van der Waals surface area (Å²) in [5.41, 5.74) is 6.93. The number of hydrogen-bond donors (Lipinski definition) is 3. The van der Waals surface area contributed by atoms with Crippen LogP contribution in [0.5, 0.6) is 0 Å². The Labute approximate surface area is 133 Å². The molecule has 3 N–H and O–H groups in total. The molecule has 118 valence electrons. The van der Waals surface area contributed by atoms with Gasteiger partial charge in [0.2, 0.25) is 5.95 Å². The summed E-state index contributed by atoms with van der Waals surface area (Å²) >= 11 is 5.14. The van der Waals surface area contributed by atoms with E-state index in [0.29, 0.717) is 10.7 Å². The quantitative estimate of drug-likeness (QED) is 0.550. The molecule has 0 aliphatic heterocycles. The molecule has 0 unspecified atom stereocenters. The molecule has 0 radical (unpaired) electrons. The SMILES string of the molecule is CCCc1n[nH]c(=S)n1CC(=O)NNc1nc(C)cc(C)n1. The molecule has 0 aliphatic carbocycles. The number of aromatic nitrogens is 5. The predicted molar refractivity (Wildman–Crippen MR) is 84.7 cm³/mol. The summed E-state index contributed by atoms with van der Waals surface area (Å²) in [6.45, 7) is 5.86. The van der Waals surface area contributed by atoms with E-state index in [1.165, 1.54) is 0 Å². The van der Waals surface area contributed by atoms with Crippen molar-refractivity contribution in [3.8, 4) is 0 Å². The third kappa shape index (κ3) is 4.10. The van der Waals surface area contributed by atoms with Crippen LogP contribution in [-0.2, 0) is 17.8 Å². The molecule has 0 saturated heterocycles. The van der Waals surface area contributed by atoms with E-state index >= 15 is 0 Å². The van der Waals surface area contributed by atoms with Gasteiger partial charge in [-0.05, 0) is 38.6 Å². The van der Waals surface area contributed by atoms with Gasteiger partial charge >= 0.3 is 0 Å². The van der Waals surface area contributed by atoms with Crippen LogP contribution >= 0.6 is 12.2 Å². The van der Waals surface area contributed by atoms with E-state index in [0.717, 1.165) is 30.1 Å². The molecule has 0 atom stereocenters. The van der Waals surface area contributed by atoms with Crippen LogP contribution in [0.2, 0.25) is 0 Å². The number of aryl methyl sites for hydroxylation is 3. The zero-order valence-corrected chi connectivity index (χ0v) is 13.6. The van der Waals surface area contributed by atoms with Crippen molar-refractivity contribution in [2.45, 2.75) is 40.2 Å². The standard InChI is InChI=1S/C13H19N7OS/c1-4-5-10-16-19-13(22)20(10)7-11(21)17-18-12-14-8(2)6-9(3)15-12/h6H,4-5,7H2,1-3H3,(H,17,21)(H,19,22)(H,14,15,18). The molecule has 1 amide bonds. The van der Waals surface area contributed by atoms with Crippen LogP contribution in [-0.4, -0.2) is 30.6 Å². The number of aromatic amines is 1. The van der Waals surface area contributed by atoms with Gasteiger partial charge in [-0.25, -0.2) is 9.97 Å². The fourth-order valence-electron chi connectivity index (χ4n) is 2.02. The number of nitrogens with one attached hydrogen (secondary N) is 3. The second-order valence-electron chi connectivity index (χ2n) is 4.93. The molecule has 8 nitrogen and oxygen atoms in total. The van der Waals surface area contributed by atoms with E-state index in [1.54, 1.807) is 4.57 Å². The number of hydrogen-bond acceptors (Lipinski definition) is 6. The van der Waals surface area contributed by atoms with Crippen molar-refractivity contribution in [2.75, 3.05) is 5.43 Å². The van der Waals surface area contributed by atoms with Gasteiger partial charge in [0.05, 0.1) is 0 Å². The summed E-state index contributed by atoms with van der Waals surface area (Å²) in [5, 5.41) is 6.83. The lowest BCUT2D eigenvalue weighted by molar-refractivity contribution is -0.121. The number of anilines is 1. The lowest BCUT2D eigenvalue weighted by Gasteiger charge is -2.09. The molecule has 0 bridgehead atoms. The molecule has 0 aliphatic rings. The number of carbonyl (C=O) groups is 1. The zero-order valence-electron chi connectivity index (χ0n) is 12.8. The minimum atomic E-state index is -0.252. The van der Waals surface area contributed by atoms with E-state index in [9.17, 15) is 4.79 Å². The maximum atomic E-state index is 12.0. The van der Waals surface area contributed by atoms with Gasteiger partial charge in [0.25, 0.3) is 5.91 Å². The summed E-state index contributed by atoms with van der Waals surface area (Å²) in [7, 11) is 0. The Bertz CT molecular complexity index is 701. The summed E-state index contributed by atoms with van der Waals surface area (Å²) in [4.78, 5) is 20.4. The highest BCUT2D eigenvalue weighted by Gasteiger charge is 2.10. The van der Waals surface area contributed by atoms with Crippen LogP contribution in [0.15, 0.2) is 6.07 Å². The maximum absolute atomic E-state index is 12.0. The van der Waals surface area contributed by atoms with Crippen molar-refractivity contribution in [1.82, 2.24) is 30.2 Å². The van der Waals surface area contributed by atoms with E-state index in [1.807, 2.05) is 26.8 Å². The first-order valence-corrected chi connectivity index (χ1v) is 7.41. The maximum Gasteiger partial charge on any atom is 0.258 e. The van der Waals surface area contributed by atoms with Crippen molar-refractivity contribution in [1.29, 1.82) is 0 Å². The molecular formula is C13H19N7OS. The fraction of sp³-hybridized carbons (Fsp3) is 0.462. The van der Waals surface area contributed by atoms with E-state index in [-0.39, 0.29) is 12.5 Å². The smallest absolute Gasteiger partial charge is 0.258 e. The predicted octanol–water partition coefficient (Wildman–Crippen LogP) is 1.44. The first-order valence-electron chi connectivity index (χ1n) is 7.00. The lowest BCUT2D eigenvalue weighted by atomic mass is 10.3. The number of hydrazine groups is 1.